The molecule has 1 aromatic heterocycles. The predicted molar refractivity (Wildman–Crippen MR) is 58.0 cm³/mol. The minimum Gasteiger partial charge on any atom is -0.337 e. The number of carbonyl (C=O) groups is 2. The Kier molecular flexibility index (Phi) is 2.89. The summed E-state index contributed by atoms with van der Waals surface area (Å²) in [7, 11) is 0. The number of carbonyl (C=O) groups excluding carboxylic acids is 2. The quantitative estimate of drug-likeness (QED) is 0.769. The lowest BCUT2D eigenvalue weighted by molar-refractivity contribution is -0.114. The summed E-state index contributed by atoms with van der Waals surface area (Å²) in [4.78, 5) is 24.7. The van der Waals surface area contributed by atoms with Gasteiger partial charge in [0.2, 0.25) is 5.91 Å². The van der Waals surface area contributed by atoms with Gasteiger partial charge in [0.1, 0.15) is 5.69 Å². The molecule has 16 heavy (non-hydrogen) atoms. The molecule has 2 rings (SSSR count). The van der Waals surface area contributed by atoms with Gasteiger partial charge in [0.25, 0.3) is 5.91 Å². The van der Waals surface area contributed by atoms with Gasteiger partial charge >= 0.3 is 0 Å². The fourth-order valence-corrected chi connectivity index (χ4v) is 1.81. The van der Waals surface area contributed by atoms with Gasteiger partial charge in [-0.25, -0.2) is 0 Å². The Bertz CT molecular complexity index is 407. The largest absolute Gasteiger partial charge is 0.337 e. The molecule has 0 unspecified atom stereocenters. The number of rotatable bonds is 2. The Morgan fingerprint density at radius 2 is 2.12 bits per heavy atom. The maximum Gasteiger partial charge on any atom is 0.274 e. The van der Waals surface area contributed by atoms with E-state index in [4.69, 9.17) is 0 Å². The number of nitrogens with zero attached hydrogens (tertiary/aromatic N) is 2. The summed E-state index contributed by atoms with van der Waals surface area (Å²) in [5.41, 5.74) is 0.807. The molecule has 2 amide bonds. The summed E-state index contributed by atoms with van der Waals surface area (Å²) >= 11 is 0. The van der Waals surface area contributed by atoms with Crippen LogP contribution in [0.3, 0.4) is 0 Å². The van der Waals surface area contributed by atoms with Crippen LogP contribution in [0.4, 0.5) is 5.69 Å². The second-order valence-corrected chi connectivity index (χ2v) is 3.84. The molecule has 0 radical (unpaired) electrons. The van der Waals surface area contributed by atoms with Gasteiger partial charge in [-0.15, -0.1) is 0 Å². The Hall–Kier alpha value is -1.85. The van der Waals surface area contributed by atoms with Crippen molar-refractivity contribution in [1.29, 1.82) is 0 Å². The van der Waals surface area contributed by atoms with E-state index in [1.165, 1.54) is 13.1 Å². The molecule has 0 aromatic carbocycles. The first-order valence-electron chi connectivity index (χ1n) is 5.28. The fourth-order valence-electron chi connectivity index (χ4n) is 1.81. The van der Waals surface area contributed by atoms with E-state index < -0.39 is 0 Å². The van der Waals surface area contributed by atoms with Crippen molar-refractivity contribution in [3.63, 3.8) is 0 Å². The van der Waals surface area contributed by atoms with Crippen molar-refractivity contribution in [3.05, 3.63) is 11.9 Å². The second kappa shape index (κ2) is 4.34. The van der Waals surface area contributed by atoms with Crippen molar-refractivity contribution in [1.82, 2.24) is 15.1 Å². The number of anilines is 1. The number of hydrogen-bond acceptors (Lipinski definition) is 3. The molecule has 1 aliphatic heterocycles. The average Bonchev–Trinajstić information content (AvgIpc) is 2.84. The summed E-state index contributed by atoms with van der Waals surface area (Å²) in [6.07, 6.45) is 3.52. The number of aromatic nitrogens is 2. The number of likely N-dealkylation sites (tertiary alicyclic amines) is 1. The molecule has 0 aliphatic carbocycles. The zero-order valence-corrected chi connectivity index (χ0v) is 9.12. The van der Waals surface area contributed by atoms with E-state index in [-0.39, 0.29) is 11.8 Å². The molecule has 6 nitrogen and oxygen atoms in total. The predicted octanol–water partition coefficient (Wildman–Crippen LogP) is 0.604. The van der Waals surface area contributed by atoms with E-state index in [1.54, 1.807) is 4.90 Å². The molecular formula is C10H14N4O2. The van der Waals surface area contributed by atoms with Crippen LogP contribution in [-0.2, 0) is 4.79 Å². The molecule has 1 saturated heterocycles. The van der Waals surface area contributed by atoms with Crippen LogP contribution in [-0.4, -0.2) is 40.0 Å². The summed E-state index contributed by atoms with van der Waals surface area (Å²) in [5, 5.41) is 8.99. The highest BCUT2D eigenvalue weighted by Crippen LogP contribution is 2.17. The van der Waals surface area contributed by atoms with Gasteiger partial charge in [-0.3, -0.25) is 14.7 Å². The standard InChI is InChI=1S/C10H14N4O2/c1-7(15)12-8-6-11-13-9(8)10(16)14-4-2-3-5-14/h6H,2-5H2,1H3,(H,11,13)(H,12,15). The minimum absolute atomic E-state index is 0.0984. The van der Waals surface area contributed by atoms with Crippen LogP contribution in [0.15, 0.2) is 6.20 Å². The van der Waals surface area contributed by atoms with E-state index in [0.29, 0.717) is 11.4 Å². The van der Waals surface area contributed by atoms with E-state index >= 15 is 0 Å². The van der Waals surface area contributed by atoms with E-state index in [0.717, 1.165) is 25.9 Å². The van der Waals surface area contributed by atoms with Crippen molar-refractivity contribution in [3.8, 4) is 0 Å². The number of aromatic amines is 1. The fraction of sp³-hybridized carbons (Fsp3) is 0.500. The molecule has 0 atom stereocenters. The number of H-pyrrole nitrogens is 1. The highest BCUT2D eigenvalue weighted by Gasteiger charge is 2.23. The van der Waals surface area contributed by atoms with Gasteiger partial charge in [0.05, 0.1) is 11.9 Å². The third-order valence-corrected chi connectivity index (χ3v) is 2.56. The van der Waals surface area contributed by atoms with Crippen molar-refractivity contribution in [2.24, 2.45) is 0 Å². The van der Waals surface area contributed by atoms with Crippen molar-refractivity contribution < 1.29 is 9.59 Å². The topological polar surface area (TPSA) is 78.1 Å². The zero-order chi connectivity index (χ0) is 11.5. The second-order valence-electron chi connectivity index (χ2n) is 3.84. The number of hydrogen-bond donors (Lipinski definition) is 2. The van der Waals surface area contributed by atoms with E-state index in [9.17, 15) is 9.59 Å². The smallest absolute Gasteiger partial charge is 0.274 e. The lowest BCUT2D eigenvalue weighted by Crippen LogP contribution is -2.28. The van der Waals surface area contributed by atoms with Crippen LogP contribution >= 0.6 is 0 Å². The molecule has 0 saturated carbocycles. The third-order valence-electron chi connectivity index (χ3n) is 2.56. The molecule has 1 aromatic rings. The van der Waals surface area contributed by atoms with Crippen LogP contribution in [0.2, 0.25) is 0 Å². The lowest BCUT2D eigenvalue weighted by Gasteiger charge is -2.14. The van der Waals surface area contributed by atoms with Crippen LogP contribution in [0.25, 0.3) is 0 Å². The van der Waals surface area contributed by atoms with Crippen molar-refractivity contribution in [2.45, 2.75) is 19.8 Å². The normalized spacial score (nSPS) is 15.2. The SMILES string of the molecule is CC(=O)Nc1cn[nH]c1C(=O)N1CCCC1. The highest BCUT2D eigenvalue weighted by molar-refractivity contribution is 6.01. The Balaban J connectivity index is 2.16. The van der Waals surface area contributed by atoms with Crippen LogP contribution < -0.4 is 5.32 Å². The van der Waals surface area contributed by atoms with Gasteiger partial charge in [-0.2, -0.15) is 5.10 Å². The van der Waals surface area contributed by atoms with Crippen LogP contribution in [0.5, 0.6) is 0 Å². The van der Waals surface area contributed by atoms with Gasteiger partial charge in [-0.1, -0.05) is 0 Å². The maximum atomic E-state index is 12.0. The van der Waals surface area contributed by atoms with Crippen LogP contribution in [0.1, 0.15) is 30.3 Å². The van der Waals surface area contributed by atoms with Crippen molar-refractivity contribution >= 4 is 17.5 Å². The summed E-state index contributed by atoms with van der Waals surface area (Å²) in [5.74, 6) is -0.310. The molecule has 1 aliphatic rings. The summed E-state index contributed by atoms with van der Waals surface area (Å²) < 4.78 is 0. The Morgan fingerprint density at radius 3 is 2.75 bits per heavy atom. The summed E-state index contributed by atoms with van der Waals surface area (Å²) in [6.45, 7) is 2.95. The maximum absolute atomic E-state index is 12.0. The molecule has 0 spiro atoms. The molecular weight excluding hydrogens is 208 g/mol. The molecule has 0 bridgehead atoms. The van der Waals surface area contributed by atoms with Gasteiger partial charge in [0.15, 0.2) is 0 Å². The van der Waals surface area contributed by atoms with Gasteiger partial charge in [-0.05, 0) is 12.8 Å². The average molecular weight is 222 g/mol. The summed E-state index contributed by atoms with van der Waals surface area (Å²) in [6, 6.07) is 0. The monoisotopic (exact) mass is 222 g/mol. The molecule has 6 heteroatoms. The van der Waals surface area contributed by atoms with Gasteiger partial charge < -0.3 is 10.2 Å². The van der Waals surface area contributed by atoms with Crippen molar-refractivity contribution in [2.75, 3.05) is 18.4 Å². The molecule has 1 fully saturated rings. The number of nitrogens with one attached hydrogen (secondary N) is 2. The molecule has 86 valence electrons. The van der Waals surface area contributed by atoms with Crippen LogP contribution in [0, 0.1) is 0 Å². The molecule has 2 N–H and O–H groups in total. The third kappa shape index (κ3) is 2.05. The minimum atomic E-state index is -0.211. The first-order chi connectivity index (χ1) is 7.68. The lowest BCUT2D eigenvalue weighted by atomic mass is 10.3. The van der Waals surface area contributed by atoms with E-state index in [1.807, 2.05) is 0 Å². The Labute approximate surface area is 93.0 Å². The Morgan fingerprint density at radius 1 is 1.44 bits per heavy atom. The highest BCUT2D eigenvalue weighted by atomic mass is 16.2. The first kappa shape index (κ1) is 10.7. The number of amides is 2. The molecule has 2 heterocycles. The zero-order valence-electron chi connectivity index (χ0n) is 9.12. The van der Waals surface area contributed by atoms with E-state index in [2.05, 4.69) is 15.5 Å². The first-order valence-corrected chi connectivity index (χ1v) is 5.28. The van der Waals surface area contributed by atoms with Gasteiger partial charge in [0, 0.05) is 20.0 Å².